The van der Waals surface area contributed by atoms with Crippen LogP contribution in [-0.2, 0) is 22.1 Å². The number of benzene rings is 1. The van der Waals surface area contributed by atoms with Gasteiger partial charge in [0.2, 0.25) is 0 Å². The van der Waals surface area contributed by atoms with Gasteiger partial charge in [0, 0.05) is 23.1 Å². The van der Waals surface area contributed by atoms with Crippen molar-refractivity contribution in [3.63, 3.8) is 0 Å². The summed E-state index contributed by atoms with van der Waals surface area (Å²) in [5.41, 5.74) is 0.648. The number of esters is 1. The van der Waals surface area contributed by atoms with Gasteiger partial charge in [-0.05, 0) is 12.1 Å². The number of alkyl halides is 3. The smallest absolute Gasteiger partial charge is 0.416 e. The molecule has 1 aromatic heterocycles. The highest BCUT2D eigenvalue weighted by Gasteiger charge is 2.30. The molecule has 0 radical (unpaired) electrons. The van der Waals surface area contributed by atoms with Crippen molar-refractivity contribution in [2.24, 2.45) is 0 Å². The third kappa shape index (κ3) is 5.24. The number of methoxy groups -OCH3 is 1. The van der Waals surface area contributed by atoms with Gasteiger partial charge in [0.05, 0.1) is 29.1 Å². The van der Waals surface area contributed by atoms with Crippen molar-refractivity contribution >= 4 is 29.1 Å². The van der Waals surface area contributed by atoms with Gasteiger partial charge in [0.1, 0.15) is 0 Å². The van der Waals surface area contributed by atoms with Crippen LogP contribution in [0.2, 0.25) is 0 Å². The molecule has 0 N–H and O–H groups in total. The molecular weight excluding hydrogens is 347 g/mol. The Labute approximate surface area is 139 Å². The largest absolute Gasteiger partial charge is 0.468 e. The van der Waals surface area contributed by atoms with E-state index in [2.05, 4.69) is 9.72 Å². The van der Waals surface area contributed by atoms with E-state index in [1.807, 2.05) is 5.38 Å². The molecule has 0 aliphatic carbocycles. The predicted octanol–water partition coefficient (Wildman–Crippen LogP) is 4.28. The van der Waals surface area contributed by atoms with Crippen molar-refractivity contribution in [1.82, 2.24) is 4.98 Å². The van der Waals surface area contributed by atoms with Crippen LogP contribution in [0, 0.1) is 0 Å². The van der Waals surface area contributed by atoms with Gasteiger partial charge in [-0.25, -0.2) is 4.98 Å². The van der Waals surface area contributed by atoms with E-state index in [4.69, 9.17) is 0 Å². The summed E-state index contributed by atoms with van der Waals surface area (Å²) in [5.74, 6) is 0.766. The van der Waals surface area contributed by atoms with E-state index < -0.39 is 11.7 Å². The lowest BCUT2D eigenvalue weighted by Crippen LogP contribution is -2.04. The summed E-state index contributed by atoms with van der Waals surface area (Å²) in [6, 6.07) is 4.96. The minimum atomic E-state index is -4.33. The molecule has 1 aromatic carbocycles. The van der Waals surface area contributed by atoms with Crippen molar-refractivity contribution in [2.75, 3.05) is 18.6 Å². The third-order valence-corrected chi connectivity index (χ3v) is 4.81. The standard InChI is InChI=1S/C15H14F3NO2S2/c1-21-14(20)9-22-7-6-13-19-12(8-23-13)10-2-4-11(5-3-10)15(16,17)18/h2-5,8H,6-7,9H2,1H3. The van der Waals surface area contributed by atoms with Crippen LogP contribution >= 0.6 is 23.1 Å². The van der Waals surface area contributed by atoms with Gasteiger partial charge < -0.3 is 4.74 Å². The lowest BCUT2D eigenvalue weighted by atomic mass is 10.1. The van der Waals surface area contributed by atoms with Gasteiger partial charge in [-0.2, -0.15) is 13.2 Å². The van der Waals surface area contributed by atoms with E-state index in [0.29, 0.717) is 23.4 Å². The summed E-state index contributed by atoms with van der Waals surface area (Å²) in [7, 11) is 1.35. The molecule has 0 saturated heterocycles. The highest BCUT2D eigenvalue weighted by atomic mass is 32.2. The number of halogens is 3. The van der Waals surface area contributed by atoms with Crippen LogP contribution in [0.5, 0.6) is 0 Å². The van der Waals surface area contributed by atoms with Gasteiger partial charge in [-0.15, -0.1) is 23.1 Å². The van der Waals surface area contributed by atoms with Gasteiger partial charge in [0.15, 0.2) is 0 Å². The Morgan fingerprint density at radius 3 is 2.61 bits per heavy atom. The lowest BCUT2D eigenvalue weighted by Gasteiger charge is -2.06. The summed E-state index contributed by atoms with van der Waals surface area (Å²) in [6.07, 6.45) is -3.63. The normalized spacial score (nSPS) is 11.5. The Morgan fingerprint density at radius 2 is 2.00 bits per heavy atom. The Bertz CT molecular complexity index is 653. The number of carbonyl (C=O) groups excluding carboxylic acids is 1. The fraction of sp³-hybridized carbons (Fsp3) is 0.333. The molecular formula is C15H14F3NO2S2. The second-order valence-electron chi connectivity index (χ2n) is 4.58. The molecule has 1 heterocycles. The maximum absolute atomic E-state index is 12.5. The summed E-state index contributed by atoms with van der Waals surface area (Å²) in [5, 5.41) is 2.71. The van der Waals surface area contributed by atoms with Crippen LogP contribution in [0.15, 0.2) is 29.6 Å². The Hall–Kier alpha value is -1.54. The SMILES string of the molecule is COC(=O)CSCCc1nc(-c2ccc(C(F)(F)F)cc2)cs1. The molecule has 8 heteroatoms. The van der Waals surface area contributed by atoms with Crippen LogP contribution in [0.25, 0.3) is 11.3 Å². The Balaban J connectivity index is 1.92. The number of hydrogen-bond acceptors (Lipinski definition) is 5. The second-order valence-corrected chi connectivity index (χ2v) is 6.63. The highest BCUT2D eigenvalue weighted by Crippen LogP contribution is 2.31. The van der Waals surface area contributed by atoms with Gasteiger partial charge >= 0.3 is 12.1 Å². The van der Waals surface area contributed by atoms with Crippen molar-refractivity contribution in [1.29, 1.82) is 0 Å². The maximum Gasteiger partial charge on any atom is 0.416 e. The number of thiazole rings is 1. The van der Waals surface area contributed by atoms with Gasteiger partial charge in [-0.3, -0.25) is 4.79 Å². The average Bonchev–Trinajstić information content (AvgIpc) is 2.99. The molecule has 2 aromatic rings. The topological polar surface area (TPSA) is 39.2 Å². The van der Waals surface area contributed by atoms with E-state index >= 15 is 0 Å². The average molecular weight is 361 g/mol. The number of rotatable bonds is 6. The van der Waals surface area contributed by atoms with Crippen LogP contribution in [0.4, 0.5) is 13.2 Å². The molecule has 0 unspecified atom stereocenters. The van der Waals surface area contributed by atoms with Crippen molar-refractivity contribution < 1.29 is 22.7 Å². The van der Waals surface area contributed by atoms with Crippen LogP contribution in [-0.4, -0.2) is 29.6 Å². The second kappa shape index (κ2) is 7.83. The first-order chi connectivity index (χ1) is 10.9. The summed E-state index contributed by atoms with van der Waals surface area (Å²) in [6.45, 7) is 0. The molecule has 2 rings (SSSR count). The van der Waals surface area contributed by atoms with E-state index in [1.54, 1.807) is 0 Å². The van der Waals surface area contributed by atoms with Crippen LogP contribution < -0.4 is 0 Å². The molecule has 0 fully saturated rings. The minimum Gasteiger partial charge on any atom is -0.468 e. The number of aromatic nitrogens is 1. The zero-order chi connectivity index (χ0) is 16.9. The molecule has 0 aliphatic rings. The molecule has 0 bridgehead atoms. The van der Waals surface area contributed by atoms with Crippen LogP contribution in [0.3, 0.4) is 0 Å². The van der Waals surface area contributed by atoms with Gasteiger partial charge in [-0.1, -0.05) is 12.1 Å². The fourth-order valence-electron chi connectivity index (χ4n) is 1.76. The number of hydrogen-bond donors (Lipinski definition) is 0. The molecule has 0 atom stereocenters. The van der Waals surface area contributed by atoms with E-state index in [0.717, 1.165) is 22.9 Å². The van der Waals surface area contributed by atoms with Crippen LogP contribution in [0.1, 0.15) is 10.6 Å². The maximum atomic E-state index is 12.5. The minimum absolute atomic E-state index is 0.264. The lowest BCUT2D eigenvalue weighted by molar-refractivity contribution is -0.138. The number of carbonyl (C=O) groups is 1. The molecule has 0 aliphatic heterocycles. The monoisotopic (exact) mass is 361 g/mol. The number of nitrogens with zero attached hydrogens (tertiary/aromatic N) is 1. The quantitative estimate of drug-likeness (QED) is 0.569. The van der Waals surface area contributed by atoms with Gasteiger partial charge in [0.25, 0.3) is 0 Å². The highest BCUT2D eigenvalue weighted by molar-refractivity contribution is 7.99. The Morgan fingerprint density at radius 1 is 1.30 bits per heavy atom. The predicted molar refractivity (Wildman–Crippen MR) is 85.6 cm³/mol. The van der Waals surface area contributed by atoms with E-state index in [-0.39, 0.29) is 5.97 Å². The molecule has 23 heavy (non-hydrogen) atoms. The zero-order valence-electron chi connectivity index (χ0n) is 12.2. The first kappa shape index (κ1) is 17.8. The summed E-state index contributed by atoms with van der Waals surface area (Å²) < 4.78 is 42.1. The van der Waals surface area contributed by atoms with Crippen molar-refractivity contribution in [3.05, 3.63) is 40.2 Å². The zero-order valence-corrected chi connectivity index (χ0v) is 13.9. The molecule has 0 saturated carbocycles. The molecule has 3 nitrogen and oxygen atoms in total. The summed E-state index contributed by atoms with van der Waals surface area (Å²) >= 11 is 2.91. The Kier molecular flexibility index (Phi) is 6.06. The molecule has 0 amide bonds. The first-order valence-corrected chi connectivity index (χ1v) is 8.70. The molecule has 0 spiro atoms. The number of ether oxygens (including phenoxy) is 1. The summed E-state index contributed by atoms with van der Waals surface area (Å²) in [4.78, 5) is 15.4. The number of thioether (sulfide) groups is 1. The van der Waals surface area contributed by atoms with E-state index in [1.165, 1.54) is 42.3 Å². The fourth-order valence-corrected chi connectivity index (χ4v) is 3.47. The van der Waals surface area contributed by atoms with Crippen molar-refractivity contribution in [2.45, 2.75) is 12.6 Å². The third-order valence-electron chi connectivity index (χ3n) is 2.97. The first-order valence-electron chi connectivity index (χ1n) is 6.66. The number of aryl methyl sites for hydroxylation is 1. The van der Waals surface area contributed by atoms with Crippen molar-refractivity contribution in [3.8, 4) is 11.3 Å². The van der Waals surface area contributed by atoms with E-state index in [9.17, 15) is 18.0 Å². The molecule has 124 valence electrons.